The van der Waals surface area contributed by atoms with E-state index < -0.39 is 0 Å². The monoisotopic (exact) mass is 683 g/mol. The average molecular weight is 684 g/mol. The fourth-order valence-corrected chi connectivity index (χ4v) is 9.83. The maximum absolute atomic E-state index is 6.32. The molecular weight excluding hydrogens is 651 g/mol. The Kier molecular flexibility index (Phi) is 6.21. The van der Waals surface area contributed by atoms with Crippen molar-refractivity contribution < 1.29 is 4.42 Å². The Bertz CT molecular complexity index is 3050. The molecule has 0 aliphatic heterocycles. The number of benzene rings is 8. The molecule has 2 aromatic heterocycles. The van der Waals surface area contributed by atoms with Gasteiger partial charge in [0.2, 0.25) is 0 Å². The van der Waals surface area contributed by atoms with Crippen molar-refractivity contribution in [3.63, 3.8) is 0 Å². The van der Waals surface area contributed by atoms with Crippen LogP contribution < -0.4 is 4.90 Å². The smallest absolute Gasteiger partial charge is 0.136 e. The fraction of sp³-hybridized carbons (Fsp3) is 0.0612. The quantitative estimate of drug-likeness (QED) is 0.184. The molecule has 0 saturated heterocycles. The van der Waals surface area contributed by atoms with Gasteiger partial charge in [-0.05, 0) is 99.3 Å². The summed E-state index contributed by atoms with van der Waals surface area (Å²) in [5.74, 6) is 0. The molecule has 2 nitrogen and oxygen atoms in total. The highest BCUT2D eigenvalue weighted by Gasteiger charge is 2.37. The van der Waals surface area contributed by atoms with E-state index >= 15 is 0 Å². The van der Waals surface area contributed by atoms with Crippen molar-refractivity contribution in [2.24, 2.45) is 0 Å². The van der Waals surface area contributed by atoms with Crippen LogP contribution in [-0.2, 0) is 5.41 Å². The molecule has 0 unspecified atom stereocenters. The number of nitrogens with zero attached hydrogens (tertiary/aromatic N) is 1. The molecule has 0 saturated carbocycles. The predicted molar refractivity (Wildman–Crippen MR) is 222 cm³/mol. The molecule has 0 amide bonds. The van der Waals surface area contributed by atoms with Gasteiger partial charge in [0, 0.05) is 53.3 Å². The van der Waals surface area contributed by atoms with Gasteiger partial charge in [-0.25, -0.2) is 0 Å². The van der Waals surface area contributed by atoms with Crippen LogP contribution in [0, 0.1) is 0 Å². The Hall–Kier alpha value is -6.16. The zero-order valence-electron chi connectivity index (χ0n) is 28.9. The molecule has 0 spiro atoms. The van der Waals surface area contributed by atoms with Gasteiger partial charge >= 0.3 is 0 Å². The Morgan fingerprint density at radius 2 is 1.19 bits per heavy atom. The summed E-state index contributed by atoms with van der Waals surface area (Å²) < 4.78 is 8.94. The summed E-state index contributed by atoms with van der Waals surface area (Å²) in [6.45, 7) is 4.71. The minimum absolute atomic E-state index is 0.0927. The number of hydrogen-bond acceptors (Lipinski definition) is 3. The molecule has 52 heavy (non-hydrogen) atoms. The highest BCUT2D eigenvalue weighted by molar-refractivity contribution is 7.25. The second-order valence-electron chi connectivity index (χ2n) is 14.5. The first-order valence-corrected chi connectivity index (χ1v) is 18.7. The molecule has 8 aromatic carbocycles. The number of thiophene rings is 1. The summed E-state index contributed by atoms with van der Waals surface area (Å²) in [4.78, 5) is 2.47. The molecule has 3 heteroatoms. The van der Waals surface area contributed by atoms with Gasteiger partial charge in [0.05, 0.1) is 5.69 Å². The van der Waals surface area contributed by atoms with E-state index in [1.807, 2.05) is 23.5 Å². The minimum Gasteiger partial charge on any atom is -0.456 e. The van der Waals surface area contributed by atoms with Crippen LogP contribution in [0.5, 0.6) is 0 Å². The largest absolute Gasteiger partial charge is 0.456 e. The summed E-state index contributed by atoms with van der Waals surface area (Å²) in [5, 5.41) is 7.30. The summed E-state index contributed by atoms with van der Waals surface area (Å²) in [7, 11) is 0. The summed E-state index contributed by atoms with van der Waals surface area (Å²) >= 11 is 1.86. The fourth-order valence-electron chi connectivity index (χ4n) is 8.74. The van der Waals surface area contributed by atoms with E-state index in [1.54, 1.807) is 0 Å². The molecule has 1 aliphatic rings. The zero-order valence-corrected chi connectivity index (χ0v) is 29.7. The predicted octanol–water partition coefficient (Wildman–Crippen LogP) is 14.6. The molecule has 2 heterocycles. The van der Waals surface area contributed by atoms with Gasteiger partial charge in [-0.15, -0.1) is 11.3 Å². The summed E-state index contributed by atoms with van der Waals surface area (Å²) in [6, 6.07) is 60.0. The third-order valence-corrected chi connectivity index (χ3v) is 12.4. The van der Waals surface area contributed by atoms with Crippen molar-refractivity contribution in [1.29, 1.82) is 0 Å². The van der Waals surface area contributed by atoms with Crippen LogP contribution in [0.4, 0.5) is 17.1 Å². The highest BCUT2D eigenvalue weighted by atomic mass is 32.1. The molecule has 0 atom stereocenters. The normalized spacial score (nSPS) is 13.3. The SMILES string of the molecule is CC1(C)c2ccccc2-c2c(N(c3ccc(-c4cccc5cc6c(cc45)oc4ccccc46)cc3)c3ccc4sc5ccccc5c4c3)cccc21. The molecule has 0 radical (unpaired) electrons. The first-order chi connectivity index (χ1) is 25.5. The van der Waals surface area contributed by atoms with Crippen molar-refractivity contribution in [2.45, 2.75) is 19.3 Å². The van der Waals surface area contributed by atoms with Gasteiger partial charge in [0.15, 0.2) is 0 Å². The van der Waals surface area contributed by atoms with E-state index in [-0.39, 0.29) is 5.41 Å². The van der Waals surface area contributed by atoms with Crippen molar-refractivity contribution in [2.75, 3.05) is 4.90 Å². The topological polar surface area (TPSA) is 16.4 Å². The molecule has 246 valence electrons. The molecule has 0 N–H and O–H groups in total. The average Bonchev–Trinajstić information content (AvgIpc) is 3.82. The molecule has 11 rings (SSSR count). The van der Waals surface area contributed by atoms with Crippen LogP contribution in [-0.4, -0.2) is 0 Å². The van der Waals surface area contributed by atoms with Crippen molar-refractivity contribution in [1.82, 2.24) is 0 Å². The van der Waals surface area contributed by atoms with Crippen LogP contribution in [0.25, 0.3) is 75.1 Å². The van der Waals surface area contributed by atoms with E-state index in [1.165, 1.54) is 70.0 Å². The van der Waals surface area contributed by atoms with E-state index in [2.05, 4.69) is 170 Å². The first kappa shape index (κ1) is 29.6. The maximum atomic E-state index is 6.32. The Balaban J connectivity index is 1.10. The molecular formula is C49H33NOS. The van der Waals surface area contributed by atoms with Crippen molar-refractivity contribution >= 4 is 81.3 Å². The highest BCUT2D eigenvalue weighted by Crippen LogP contribution is 2.54. The van der Waals surface area contributed by atoms with Gasteiger partial charge in [0.1, 0.15) is 11.2 Å². The van der Waals surface area contributed by atoms with Gasteiger partial charge in [0.25, 0.3) is 0 Å². The lowest BCUT2D eigenvalue weighted by atomic mass is 9.82. The van der Waals surface area contributed by atoms with Crippen LogP contribution >= 0.6 is 11.3 Å². The third kappa shape index (κ3) is 4.23. The Morgan fingerprint density at radius 1 is 0.481 bits per heavy atom. The minimum atomic E-state index is -0.0927. The standard InChI is InChI=1S/C49H33NOS/c1-49(2)41-16-6-3-14-37(41)48-42(49)17-10-18-43(48)50(33-25-26-47-40(28-33)36-13-5-8-20-46(36)52-47)32-23-21-30(22-24-32)34-15-9-11-31-27-39-35-12-4-7-19-44(35)51-45(39)29-38(31)34/h3-29H,1-2H3. The van der Waals surface area contributed by atoms with E-state index in [4.69, 9.17) is 4.42 Å². The van der Waals surface area contributed by atoms with E-state index in [0.29, 0.717) is 0 Å². The number of furan rings is 1. The molecule has 10 aromatic rings. The number of hydrogen-bond donors (Lipinski definition) is 0. The lowest BCUT2D eigenvalue weighted by Gasteiger charge is -2.29. The second kappa shape index (κ2) is 10.9. The number of rotatable bonds is 4. The van der Waals surface area contributed by atoms with Crippen molar-refractivity contribution in [3.8, 4) is 22.3 Å². The van der Waals surface area contributed by atoms with E-state index in [0.717, 1.165) is 33.3 Å². The van der Waals surface area contributed by atoms with Crippen LogP contribution in [0.2, 0.25) is 0 Å². The number of para-hydroxylation sites is 1. The molecule has 0 bridgehead atoms. The van der Waals surface area contributed by atoms with Gasteiger partial charge in [-0.3, -0.25) is 0 Å². The number of anilines is 3. The Labute approximate surface area is 305 Å². The van der Waals surface area contributed by atoms with E-state index in [9.17, 15) is 0 Å². The summed E-state index contributed by atoms with van der Waals surface area (Å²) in [6.07, 6.45) is 0. The summed E-state index contributed by atoms with van der Waals surface area (Å²) in [5.41, 5.74) is 12.9. The maximum Gasteiger partial charge on any atom is 0.136 e. The Morgan fingerprint density at radius 3 is 2.10 bits per heavy atom. The molecule has 1 aliphatic carbocycles. The van der Waals surface area contributed by atoms with Gasteiger partial charge in [-0.2, -0.15) is 0 Å². The van der Waals surface area contributed by atoms with Crippen LogP contribution in [0.15, 0.2) is 168 Å². The number of fused-ring (bicyclic) bond motifs is 10. The first-order valence-electron chi connectivity index (χ1n) is 17.9. The van der Waals surface area contributed by atoms with Crippen LogP contribution in [0.1, 0.15) is 25.0 Å². The molecule has 0 fully saturated rings. The third-order valence-electron chi connectivity index (χ3n) is 11.3. The zero-order chi connectivity index (χ0) is 34.6. The lowest BCUT2D eigenvalue weighted by Crippen LogP contribution is -2.16. The van der Waals surface area contributed by atoms with Gasteiger partial charge in [-0.1, -0.05) is 117 Å². The second-order valence-corrected chi connectivity index (χ2v) is 15.6. The van der Waals surface area contributed by atoms with Crippen LogP contribution in [0.3, 0.4) is 0 Å². The lowest BCUT2D eigenvalue weighted by molar-refractivity contribution is 0.660. The van der Waals surface area contributed by atoms with Gasteiger partial charge < -0.3 is 9.32 Å². The van der Waals surface area contributed by atoms with Crippen molar-refractivity contribution in [3.05, 3.63) is 175 Å².